The molecule has 0 radical (unpaired) electrons. The highest BCUT2D eigenvalue weighted by Crippen LogP contribution is 2.40. The number of carbonyl (C=O) groups is 1. The predicted octanol–water partition coefficient (Wildman–Crippen LogP) is 4.51. The zero-order valence-electron chi connectivity index (χ0n) is 14.0. The number of thioether (sulfide) groups is 1. The molecule has 3 nitrogen and oxygen atoms in total. The highest BCUT2D eigenvalue weighted by Gasteiger charge is 2.40. The summed E-state index contributed by atoms with van der Waals surface area (Å²) >= 11 is 7.80. The van der Waals surface area contributed by atoms with Crippen LogP contribution < -0.4 is 11.1 Å². The van der Waals surface area contributed by atoms with Crippen molar-refractivity contribution in [1.29, 1.82) is 0 Å². The van der Waals surface area contributed by atoms with E-state index in [0.29, 0.717) is 28.5 Å². The molecule has 0 aromatic heterocycles. The fourth-order valence-corrected chi connectivity index (χ4v) is 5.17. The quantitative estimate of drug-likeness (QED) is 0.745. The van der Waals surface area contributed by atoms with E-state index >= 15 is 0 Å². The molecule has 3 N–H and O–H groups in total. The van der Waals surface area contributed by atoms with Gasteiger partial charge < -0.3 is 11.1 Å². The van der Waals surface area contributed by atoms with Gasteiger partial charge in [-0.25, -0.2) is 0 Å². The van der Waals surface area contributed by atoms with Crippen molar-refractivity contribution in [3.8, 4) is 0 Å². The number of amides is 1. The summed E-state index contributed by atoms with van der Waals surface area (Å²) in [5, 5.41) is 3.93. The van der Waals surface area contributed by atoms with E-state index in [0.717, 1.165) is 23.5 Å². The van der Waals surface area contributed by atoms with Crippen LogP contribution in [0.15, 0.2) is 23.1 Å². The Bertz CT molecular complexity index is 570. The molecule has 2 aliphatic rings. The lowest BCUT2D eigenvalue weighted by molar-refractivity contribution is 0.0753. The fourth-order valence-electron chi connectivity index (χ4n) is 4.21. The van der Waals surface area contributed by atoms with Crippen molar-refractivity contribution in [3.05, 3.63) is 28.8 Å². The van der Waals surface area contributed by atoms with Gasteiger partial charge >= 0.3 is 0 Å². The molecule has 2 bridgehead atoms. The van der Waals surface area contributed by atoms with Crippen molar-refractivity contribution in [2.45, 2.75) is 56.0 Å². The first-order chi connectivity index (χ1) is 11.1. The monoisotopic (exact) mass is 388 g/mol. The molecule has 0 saturated heterocycles. The van der Waals surface area contributed by atoms with Crippen molar-refractivity contribution in [2.75, 3.05) is 5.75 Å². The van der Waals surface area contributed by atoms with E-state index < -0.39 is 0 Å². The molecule has 2 fully saturated rings. The average molecular weight is 389 g/mol. The molecule has 2 saturated carbocycles. The van der Waals surface area contributed by atoms with Crippen molar-refractivity contribution in [2.24, 2.45) is 17.6 Å². The van der Waals surface area contributed by atoms with Gasteiger partial charge in [0.2, 0.25) is 0 Å². The van der Waals surface area contributed by atoms with Gasteiger partial charge in [0.15, 0.2) is 0 Å². The highest BCUT2D eigenvalue weighted by molar-refractivity contribution is 7.99. The lowest BCUT2D eigenvalue weighted by Crippen LogP contribution is -2.53. The number of nitrogens with two attached hydrogens (primary N) is 1. The molecule has 1 aromatic rings. The van der Waals surface area contributed by atoms with Crippen LogP contribution in [0.4, 0.5) is 0 Å². The number of carbonyl (C=O) groups excluding carboxylic acids is 1. The lowest BCUT2D eigenvalue weighted by Gasteiger charge is -2.45. The summed E-state index contributed by atoms with van der Waals surface area (Å²) in [6.07, 6.45) is 5.70. The van der Waals surface area contributed by atoms with Crippen molar-refractivity contribution < 1.29 is 4.79 Å². The Hall–Kier alpha value is -0.420. The minimum atomic E-state index is 0. The Kier molecular flexibility index (Phi) is 7.29. The molecule has 0 heterocycles. The smallest absolute Gasteiger partial charge is 0.252 e. The minimum Gasteiger partial charge on any atom is -0.349 e. The molecule has 6 heteroatoms. The summed E-state index contributed by atoms with van der Waals surface area (Å²) in [4.78, 5) is 13.9. The van der Waals surface area contributed by atoms with Crippen molar-refractivity contribution in [1.82, 2.24) is 5.32 Å². The molecule has 1 aromatic carbocycles. The number of rotatable bonds is 4. The molecule has 1 amide bonds. The first-order valence-corrected chi connectivity index (χ1v) is 9.93. The van der Waals surface area contributed by atoms with Crippen LogP contribution in [-0.2, 0) is 0 Å². The van der Waals surface area contributed by atoms with E-state index in [1.807, 2.05) is 12.1 Å². The van der Waals surface area contributed by atoms with Crippen molar-refractivity contribution in [3.63, 3.8) is 0 Å². The Morgan fingerprint density at radius 2 is 2.00 bits per heavy atom. The van der Waals surface area contributed by atoms with Crippen LogP contribution in [0.5, 0.6) is 0 Å². The number of nitrogens with one attached hydrogen (secondary N) is 1. The van der Waals surface area contributed by atoms with E-state index in [-0.39, 0.29) is 24.4 Å². The van der Waals surface area contributed by atoms with Crippen LogP contribution in [0, 0.1) is 11.8 Å². The zero-order valence-corrected chi connectivity index (χ0v) is 16.4. The largest absolute Gasteiger partial charge is 0.349 e. The third kappa shape index (κ3) is 4.40. The average Bonchev–Trinajstić information content (AvgIpc) is 2.50. The maximum atomic E-state index is 12.9. The second kappa shape index (κ2) is 8.79. The Morgan fingerprint density at radius 1 is 1.33 bits per heavy atom. The summed E-state index contributed by atoms with van der Waals surface area (Å²) in [6.45, 7) is 2.09. The van der Waals surface area contributed by atoms with E-state index in [1.165, 1.54) is 19.3 Å². The van der Waals surface area contributed by atoms with Gasteiger partial charge in [0, 0.05) is 22.0 Å². The number of fused-ring (bicyclic) bond motifs is 2. The lowest BCUT2D eigenvalue weighted by atomic mass is 9.67. The number of hydrogen-bond donors (Lipinski definition) is 2. The highest BCUT2D eigenvalue weighted by atomic mass is 35.5. The van der Waals surface area contributed by atoms with E-state index in [4.69, 9.17) is 17.3 Å². The summed E-state index contributed by atoms with van der Waals surface area (Å²) in [7, 11) is 0. The van der Waals surface area contributed by atoms with Gasteiger partial charge in [-0.3, -0.25) is 4.79 Å². The van der Waals surface area contributed by atoms with Gasteiger partial charge in [-0.2, -0.15) is 0 Å². The standard InChI is InChI=1S/C18H25ClN2OS.ClH/c1-2-23-16-7-6-13(19)10-15(16)18(22)21-17-11-4-3-5-12(17)9-14(20)8-11;/h6-7,10-12,14,17H,2-5,8-9,20H2,1H3,(H,21,22);1H. The van der Waals surface area contributed by atoms with Gasteiger partial charge in [-0.15, -0.1) is 24.2 Å². The second-order valence-corrected chi connectivity index (χ2v) is 8.50. The molecule has 0 spiro atoms. The zero-order chi connectivity index (χ0) is 16.4. The molecule has 134 valence electrons. The van der Waals surface area contributed by atoms with Gasteiger partial charge in [-0.1, -0.05) is 24.9 Å². The van der Waals surface area contributed by atoms with Crippen LogP contribution in [0.1, 0.15) is 49.4 Å². The fraction of sp³-hybridized carbons (Fsp3) is 0.611. The van der Waals surface area contributed by atoms with Crippen LogP contribution >= 0.6 is 35.8 Å². The van der Waals surface area contributed by atoms with Gasteiger partial charge in [0.1, 0.15) is 0 Å². The topological polar surface area (TPSA) is 55.1 Å². The molecule has 3 rings (SSSR count). The summed E-state index contributed by atoms with van der Waals surface area (Å²) in [5.74, 6) is 2.01. The predicted molar refractivity (Wildman–Crippen MR) is 104 cm³/mol. The normalized spacial score (nSPS) is 28.8. The molecule has 24 heavy (non-hydrogen) atoms. The second-order valence-electron chi connectivity index (χ2n) is 6.76. The van der Waals surface area contributed by atoms with Gasteiger partial charge in [-0.05, 0) is 61.5 Å². The number of hydrogen-bond acceptors (Lipinski definition) is 3. The summed E-state index contributed by atoms with van der Waals surface area (Å²) < 4.78 is 0. The summed E-state index contributed by atoms with van der Waals surface area (Å²) in [5.41, 5.74) is 6.89. The third-order valence-electron chi connectivity index (χ3n) is 5.16. The van der Waals surface area contributed by atoms with Crippen LogP contribution in [0.2, 0.25) is 5.02 Å². The van der Waals surface area contributed by atoms with Gasteiger partial charge in [0.05, 0.1) is 5.56 Å². The minimum absolute atomic E-state index is 0. The molecule has 2 aliphatic carbocycles. The first-order valence-electron chi connectivity index (χ1n) is 8.57. The Balaban J connectivity index is 0.00000208. The molecule has 2 atom stereocenters. The van der Waals surface area contributed by atoms with Crippen LogP contribution in [0.3, 0.4) is 0 Å². The molecule has 2 unspecified atom stereocenters. The third-order valence-corrected chi connectivity index (χ3v) is 6.35. The Labute approximate surface area is 159 Å². The molecular formula is C18H26Cl2N2OS. The van der Waals surface area contributed by atoms with E-state index in [9.17, 15) is 4.79 Å². The number of benzene rings is 1. The maximum absolute atomic E-state index is 12.9. The Morgan fingerprint density at radius 3 is 2.62 bits per heavy atom. The first kappa shape index (κ1) is 19.9. The van der Waals surface area contributed by atoms with E-state index in [2.05, 4.69) is 12.2 Å². The van der Waals surface area contributed by atoms with Crippen LogP contribution in [0.25, 0.3) is 0 Å². The molecule has 0 aliphatic heterocycles. The molecular weight excluding hydrogens is 363 g/mol. The number of halogens is 2. The van der Waals surface area contributed by atoms with E-state index in [1.54, 1.807) is 17.8 Å². The SMILES string of the molecule is CCSc1ccc(Cl)cc1C(=O)NC1C2CCCC1CC(N)C2.Cl. The van der Waals surface area contributed by atoms with Crippen molar-refractivity contribution >= 4 is 41.7 Å². The summed E-state index contributed by atoms with van der Waals surface area (Å²) in [6, 6.07) is 6.16. The maximum Gasteiger partial charge on any atom is 0.252 e. The van der Waals surface area contributed by atoms with Gasteiger partial charge in [0.25, 0.3) is 5.91 Å². The van der Waals surface area contributed by atoms with Crippen LogP contribution in [-0.4, -0.2) is 23.7 Å².